The molecule has 3 aromatic rings. The highest BCUT2D eigenvalue weighted by Crippen LogP contribution is 2.29. The Labute approximate surface area is 142 Å². The summed E-state index contributed by atoms with van der Waals surface area (Å²) in [5, 5.41) is 12.2. The van der Waals surface area contributed by atoms with Crippen LogP contribution in [0.15, 0.2) is 30.3 Å². The van der Waals surface area contributed by atoms with Gasteiger partial charge < -0.3 is 4.74 Å². The van der Waals surface area contributed by atoms with Gasteiger partial charge in [0.25, 0.3) is 5.91 Å². The lowest BCUT2D eigenvalue weighted by molar-refractivity contribution is 0.102. The fourth-order valence-corrected chi connectivity index (χ4v) is 3.07. The number of pyridine rings is 1. The van der Waals surface area contributed by atoms with E-state index in [9.17, 15) is 4.79 Å². The predicted molar refractivity (Wildman–Crippen MR) is 92.4 cm³/mol. The van der Waals surface area contributed by atoms with Crippen molar-refractivity contribution in [1.29, 1.82) is 5.26 Å². The van der Waals surface area contributed by atoms with E-state index in [4.69, 9.17) is 10.00 Å². The number of fused-ring (bicyclic) bond motifs is 1. The number of ether oxygens (including phenoxy) is 1. The lowest BCUT2D eigenvalue weighted by Crippen LogP contribution is -2.14. The first-order chi connectivity index (χ1) is 11.6. The molecular formula is C17H14N4O2S. The van der Waals surface area contributed by atoms with Gasteiger partial charge in [-0.3, -0.25) is 10.1 Å². The molecule has 0 radical (unpaired) electrons. The van der Waals surface area contributed by atoms with Crippen molar-refractivity contribution in [2.45, 2.75) is 13.8 Å². The number of benzene rings is 1. The molecular weight excluding hydrogens is 324 g/mol. The van der Waals surface area contributed by atoms with Crippen molar-refractivity contribution < 1.29 is 9.53 Å². The molecule has 7 heteroatoms. The molecule has 1 N–H and O–H groups in total. The largest absolute Gasteiger partial charge is 0.494 e. The summed E-state index contributed by atoms with van der Waals surface area (Å²) in [5.41, 5.74) is 2.02. The van der Waals surface area contributed by atoms with Gasteiger partial charge >= 0.3 is 0 Å². The van der Waals surface area contributed by atoms with Crippen LogP contribution >= 0.6 is 11.3 Å². The summed E-state index contributed by atoms with van der Waals surface area (Å²) < 4.78 is 6.39. The first kappa shape index (κ1) is 15.9. The van der Waals surface area contributed by atoms with E-state index in [2.05, 4.69) is 15.3 Å². The summed E-state index contributed by atoms with van der Waals surface area (Å²) in [5.74, 6) is 0.419. The molecule has 3 rings (SSSR count). The summed E-state index contributed by atoms with van der Waals surface area (Å²) in [4.78, 5) is 20.8. The molecule has 0 aliphatic heterocycles. The number of rotatable bonds is 4. The third-order valence-corrected chi connectivity index (χ3v) is 4.26. The summed E-state index contributed by atoms with van der Waals surface area (Å²) in [6.45, 7) is 4.22. The molecule has 0 spiro atoms. The van der Waals surface area contributed by atoms with E-state index < -0.39 is 0 Å². The van der Waals surface area contributed by atoms with Gasteiger partial charge in [0.1, 0.15) is 17.5 Å². The molecule has 120 valence electrons. The second-order valence-electron chi connectivity index (χ2n) is 4.98. The van der Waals surface area contributed by atoms with Crippen LogP contribution in [-0.2, 0) is 0 Å². The molecule has 1 aromatic carbocycles. The van der Waals surface area contributed by atoms with Crippen LogP contribution in [0, 0.1) is 18.3 Å². The highest BCUT2D eigenvalue weighted by molar-refractivity contribution is 7.22. The maximum atomic E-state index is 12.3. The van der Waals surface area contributed by atoms with Crippen LogP contribution in [0.25, 0.3) is 10.2 Å². The molecule has 0 bridgehead atoms. The van der Waals surface area contributed by atoms with E-state index in [-0.39, 0.29) is 11.6 Å². The molecule has 0 unspecified atom stereocenters. The number of carbonyl (C=O) groups is 1. The van der Waals surface area contributed by atoms with Crippen molar-refractivity contribution in [3.05, 3.63) is 47.3 Å². The summed E-state index contributed by atoms with van der Waals surface area (Å²) >= 11 is 1.37. The standard InChI is InChI=1S/C17H14N4O2S/c1-3-23-12-5-7-13-15(8-12)24-17(20-13)21-16(22)14-6-4-11(9-18)10(2)19-14/h4-8H,3H2,1-2H3,(H,20,21,22). The van der Waals surface area contributed by atoms with Crippen molar-refractivity contribution >= 4 is 32.6 Å². The SMILES string of the molecule is CCOc1ccc2nc(NC(=O)c3ccc(C#N)c(C)n3)sc2c1. The zero-order valence-electron chi connectivity index (χ0n) is 13.2. The minimum Gasteiger partial charge on any atom is -0.494 e. The van der Waals surface area contributed by atoms with Crippen molar-refractivity contribution in [2.75, 3.05) is 11.9 Å². The third-order valence-electron chi connectivity index (χ3n) is 3.33. The first-order valence-corrected chi connectivity index (χ1v) is 8.15. The Kier molecular flexibility index (Phi) is 4.40. The van der Waals surface area contributed by atoms with Crippen molar-refractivity contribution in [1.82, 2.24) is 9.97 Å². The van der Waals surface area contributed by atoms with Crippen LogP contribution < -0.4 is 10.1 Å². The van der Waals surface area contributed by atoms with E-state index in [1.54, 1.807) is 13.0 Å². The fraction of sp³-hybridized carbons (Fsp3) is 0.176. The second kappa shape index (κ2) is 6.64. The number of nitrogens with zero attached hydrogens (tertiary/aromatic N) is 3. The molecule has 1 amide bonds. The Morgan fingerprint density at radius 3 is 2.88 bits per heavy atom. The maximum absolute atomic E-state index is 12.3. The Hall–Kier alpha value is -2.98. The molecule has 0 aliphatic rings. The van der Waals surface area contributed by atoms with Crippen molar-refractivity contribution in [3.63, 3.8) is 0 Å². The number of nitrogens with one attached hydrogen (secondary N) is 1. The minimum atomic E-state index is -0.355. The van der Waals surface area contributed by atoms with E-state index in [1.807, 2.05) is 31.2 Å². The van der Waals surface area contributed by atoms with E-state index in [1.165, 1.54) is 17.4 Å². The van der Waals surface area contributed by atoms with Gasteiger partial charge in [0.15, 0.2) is 5.13 Å². The summed E-state index contributed by atoms with van der Waals surface area (Å²) in [7, 11) is 0. The number of anilines is 1. The van der Waals surface area contributed by atoms with E-state index in [0.29, 0.717) is 23.0 Å². The van der Waals surface area contributed by atoms with E-state index in [0.717, 1.165) is 16.0 Å². The Balaban J connectivity index is 1.82. The molecule has 0 saturated carbocycles. The van der Waals surface area contributed by atoms with Gasteiger partial charge in [0, 0.05) is 0 Å². The molecule has 6 nitrogen and oxygen atoms in total. The number of aryl methyl sites for hydroxylation is 1. The molecule has 0 atom stereocenters. The number of carbonyl (C=O) groups excluding carboxylic acids is 1. The molecule has 24 heavy (non-hydrogen) atoms. The van der Waals surface area contributed by atoms with Gasteiger partial charge in [0.2, 0.25) is 0 Å². The third kappa shape index (κ3) is 3.19. The Morgan fingerprint density at radius 2 is 2.17 bits per heavy atom. The van der Waals surface area contributed by atoms with Crippen molar-refractivity contribution in [2.24, 2.45) is 0 Å². The summed E-state index contributed by atoms with van der Waals surface area (Å²) in [6, 6.07) is 10.8. The van der Waals surface area contributed by atoms with E-state index >= 15 is 0 Å². The van der Waals surface area contributed by atoms with Gasteiger partial charge in [0.05, 0.1) is 28.1 Å². The molecule has 0 fully saturated rings. The lowest BCUT2D eigenvalue weighted by atomic mass is 10.2. The number of hydrogen-bond donors (Lipinski definition) is 1. The summed E-state index contributed by atoms with van der Waals surface area (Å²) in [6.07, 6.45) is 0. The van der Waals surface area contributed by atoms with Gasteiger partial charge in [-0.05, 0) is 44.2 Å². The molecule has 2 aromatic heterocycles. The quantitative estimate of drug-likeness (QED) is 0.786. The zero-order chi connectivity index (χ0) is 17.1. The first-order valence-electron chi connectivity index (χ1n) is 7.33. The van der Waals surface area contributed by atoms with Gasteiger partial charge in [-0.1, -0.05) is 11.3 Å². The lowest BCUT2D eigenvalue weighted by Gasteiger charge is -2.02. The monoisotopic (exact) mass is 338 g/mol. The average molecular weight is 338 g/mol. The predicted octanol–water partition coefficient (Wildman–Crippen LogP) is 3.52. The second-order valence-corrected chi connectivity index (χ2v) is 6.01. The highest BCUT2D eigenvalue weighted by atomic mass is 32.1. The Morgan fingerprint density at radius 1 is 1.33 bits per heavy atom. The van der Waals surface area contributed by atoms with Crippen LogP contribution in [0.5, 0.6) is 5.75 Å². The number of aromatic nitrogens is 2. The molecule has 2 heterocycles. The van der Waals surface area contributed by atoms with Gasteiger partial charge in [-0.2, -0.15) is 5.26 Å². The molecule has 0 saturated heterocycles. The minimum absolute atomic E-state index is 0.251. The number of thiazole rings is 1. The Bertz CT molecular complexity index is 959. The number of hydrogen-bond acceptors (Lipinski definition) is 6. The van der Waals surface area contributed by atoms with Crippen molar-refractivity contribution in [3.8, 4) is 11.8 Å². The number of amides is 1. The average Bonchev–Trinajstić information content (AvgIpc) is 2.96. The van der Waals surface area contributed by atoms with Crippen LogP contribution in [0.2, 0.25) is 0 Å². The number of nitriles is 1. The van der Waals surface area contributed by atoms with Crippen LogP contribution in [0.1, 0.15) is 28.7 Å². The smallest absolute Gasteiger partial charge is 0.276 e. The topological polar surface area (TPSA) is 87.9 Å². The fourth-order valence-electron chi connectivity index (χ4n) is 2.18. The van der Waals surface area contributed by atoms with Gasteiger partial charge in [-0.25, -0.2) is 9.97 Å². The van der Waals surface area contributed by atoms with Crippen LogP contribution in [0.4, 0.5) is 5.13 Å². The van der Waals surface area contributed by atoms with Crippen LogP contribution in [-0.4, -0.2) is 22.5 Å². The maximum Gasteiger partial charge on any atom is 0.276 e. The highest BCUT2D eigenvalue weighted by Gasteiger charge is 2.13. The van der Waals surface area contributed by atoms with Gasteiger partial charge in [-0.15, -0.1) is 0 Å². The zero-order valence-corrected chi connectivity index (χ0v) is 14.0. The molecule has 0 aliphatic carbocycles. The van der Waals surface area contributed by atoms with Crippen LogP contribution in [0.3, 0.4) is 0 Å². The normalized spacial score (nSPS) is 10.4.